The minimum absolute atomic E-state index is 0.738. The van der Waals surface area contributed by atoms with Gasteiger partial charge in [0.25, 0.3) is 0 Å². The van der Waals surface area contributed by atoms with Crippen molar-refractivity contribution in [1.82, 2.24) is 9.97 Å². The van der Waals surface area contributed by atoms with Gasteiger partial charge in [0.15, 0.2) is 5.82 Å². The molecule has 2 aliphatic heterocycles. The number of ether oxygens (including phenoxy) is 2. The predicted octanol–water partition coefficient (Wildman–Crippen LogP) is 4.30. The third-order valence-electron chi connectivity index (χ3n) is 5.40. The molecule has 1 fully saturated rings. The zero-order chi connectivity index (χ0) is 19.6. The zero-order valence-electron chi connectivity index (χ0n) is 16.4. The molecule has 0 N–H and O–H groups in total. The molecule has 2 aromatic carbocycles. The van der Waals surface area contributed by atoms with Crippen molar-refractivity contribution in [2.75, 3.05) is 44.1 Å². The molecule has 0 bridgehead atoms. The molecule has 5 rings (SSSR count). The summed E-state index contributed by atoms with van der Waals surface area (Å²) in [6.45, 7) is 3.20. The molecule has 0 saturated carbocycles. The predicted molar refractivity (Wildman–Crippen MR) is 117 cm³/mol. The van der Waals surface area contributed by atoms with Gasteiger partial charge in [-0.25, -0.2) is 9.97 Å². The average molecular weight is 406 g/mol. The van der Waals surface area contributed by atoms with Crippen molar-refractivity contribution in [2.45, 2.75) is 11.3 Å². The van der Waals surface area contributed by atoms with Gasteiger partial charge in [-0.2, -0.15) is 0 Å². The highest BCUT2D eigenvalue weighted by Gasteiger charge is 2.25. The van der Waals surface area contributed by atoms with Crippen LogP contribution in [-0.2, 0) is 11.2 Å². The van der Waals surface area contributed by atoms with Crippen LogP contribution < -0.4 is 9.64 Å². The zero-order valence-corrected chi connectivity index (χ0v) is 17.2. The highest BCUT2D eigenvalue weighted by Crippen LogP contribution is 2.40. The first-order valence-corrected chi connectivity index (χ1v) is 10.9. The molecule has 148 valence electrons. The summed E-state index contributed by atoms with van der Waals surface area (Å²) in [5.74, 6) is 3.68. The maximum absolute atomic E-state index is 5.58. The number of aromatic nitrogens is 2. The molecule has 6 heteroatoms. The average Bonchev–Trinajstić information content (AvgIpc) is 2.98. The van der Waals surface area contributed by atoms with Crippen LogP contribution in [0.2, 0.25) is 0 Å². The van der Waals surface area contributed by atoms with Gasteiger partial charge in [-0.15, -0.1) is 11.8 Å². The number of hydrogen-bond acceptors (Lipinski definition) is 6. The first kappa shape index (κ1) is 18.5. The van der Waals surface area contributed by atoms with Crippen molar-refractivity contribution in [3.63, 3.8) is 0 Å². The second-order valence-corrected chi connectivity index (χ2v) is 8.26. The summed E-state index contributed by atoms with van der Waals surface area (Å²) in [6.07, 6.45) is 0.963. The molecule has 0 unspecified atom stereocenters. The van der Waals surface area contributed by atoms with Crippen molar-refractivity contribution in [3.8, 4) is 28.4 Å². The Morgan fingerprint density at radius 1 is 1.00 bits per heavy atom. The van der Waals surface area contributed by atoms with Crippen LogP contribution in [0.5, 0.6) is 5.75 Å². The van der Waals surface area contributed by atoms with Gasteiger partial charge in [0.2, 0.25) is 0 Å². The number of fused-ring (bicyclic) bond motifs is 3. The molecule has 0 atom stereocenters. The van der Waals surface area contributed by atoms with Crippen molar-refractivity contribution < 1.29 is 9.47 Å². The highest BCUT2D eigenvalue weighted by atomic mass is 32.2. The minimum Gasteiger partial charge on any atom is -0.497 e. The lowest BCUT2D eigenvalue weighted by atomic mass is 10.0. The van der Waals surface area contributed by atoms with E-state index in [1.54, 1.807) is 7.11 Å². The second-order valence-electron chi connectivity index (χ2n) is 7.12. The van der Waals surface area contributed by atoms with Crippen LogP contribution in [0.15, 0.2) is 53.4 Å². The van der Waals surface area contributed by atoms with Crippen LogP contribution in [0.1, 0.15) is 5.56 Å². The van der Waals surface area contributed by atoms with Gasteiger partial charge < -0.3 is 14.4 Å². The summed E-state index contributed by atoms with van der Waals surface area (Å²) in [7, 11) is 1.68. The highest BCUT2D eigenvalue weighted by molar-refractivity contribution is 7.99. The Morgan fingerprint density at radius 2 is 1.79 bits per heavy atom. The maximum Gasteiger partial charge on any atom is 0.162 e. The quantitative estimate of drug-likeness (QED) is 0.647. The van der Waals surface area contributed by atoms with Crippen LogP contribution in [-0.4, -0.2) is 49.1 Å². The number of nitrogens with zero attached hydrogens (tertiary/aromatic N) is 3. The normalized spacial score (nSPS) is 16.0. The fourth-order valence-corrected chi connectivity index (χ4v) is 4.90. The van der Waals surface area contributed by atoms with Crippen molar-refractivity contribution in [2.24, 2.45) is 0 Å². The number of hydrogen-bond donors (Lipinski definition) is 0. The largest absolute Gasteiger partial charge is 0.497 e. The lowest BCUT2D eigenvalue weighted by Crippen LogP contribution is -2.37. The van der Waals surface area contributed by atoms with Gasteiger partial charge in [-0.1, -0.05) is 18.2 Å². The summed E-state index contributed by atoms with van der Waals surface area (Å²) in [4.78, 5) is 13.8. The fourth-order valence-electron chi connectivity index (χ4n) is 3.88. The Labute approximate surface area is 175 Å². The van der Waals surface area contributed by atoms with E-state index in [4.69, 9.17) is 19.4 Å². The second kappa shape index (κ2) is 8.05. The molecule has 0 amide bonds. The minimum atomic E-state index is 0.738. The van der Waals surface area contributed by atoms with E-state index in [0.29, 0.717) is 0 Å². The number of morpholine rings is 1. The summed E-state index contributed by atoms with van der Waals surface area (Å²) >= 11 is 1.90. The molecule has 1 saturated heterocycles. The molecule has 0 radical (unpaired) electrons. The van der Waals surface area contributed by atoms with Crippen LogP contribution in [0, 0.1) is 0 Å². The molecule has 29 heavy (non-hydrogen) atoms. The van der Waals surface area contributed by atoms with Gasteiger partial charge >= 0.3 is 0 Å². The third-order valence-corrected chi connectivity index (χ3v) is 6.47. The monoisotopic (exact) mass is 405 g/mol. The van der Waals surface area contributed by atoms with E-state index < -0.39 is 0 Å². The van der Waals surface area contributed by atoms with Gasteiger partial charge in [0.05, 0.1) is 26.0 Å². The molecular formula is C23H23N3O2S. The van der Waals surface area contributed by atoms with Crippen LogP contribution in [0.4, 0.5) is 5.82 Å². The summed E-state index contributed by atoms with van der Waals surface area (Å²) in [5, 5.41) is 0. The van der Waals surface area contributed by atoms with Crippen LogP contribution in [0.25, 0.3) is 22.6 Å². The molecule has 0 spiro atoms. The summed E-state index contributed by atoms with van der Waals surface area (Å²) < 4.78 is 10.9. The van der Waals surface area contributed by atoms with E-state index in [1.807, 2.05) is 36.0 Å². The van der Waals surface area contributed by atoms with Crippen LogP contribution in [0.3, 0.4) is 0 Å². The molecule has 5 nitrogen and oxygen atoms in total. The van der Waals surface area contributed by atoms with Gasteiger partial charge in [0, 0.05) is 40.4 Å². The molecular weight excluding hydrogens is 382 g/mol. The maximum atomic E-state index is 5.58. The van der Waals surface area contributed by atoms with Gasteiger partial charge in [-0.3, -0.25) is 0 Å². The van der Waals surface area contributed by atoms with E-state index in [-0.39, 0.29) is 0 Å². The first-order valence-electron chi connectivity index (χ1n) is 9.94. The van der Waals surface area contributed by atoms with Gasteiger partial charge in [-0.05, 0) is 36.8 Å². The Hall–Kier alpha value is -2.57. The topological polar surface area (TPSA) is 47.5 Å². The van der Waals surface area contributed by atoms with E-state index >= 15 is 0 Å². The Kier molecular flexibility index (Phi) is 5.12. The van der Waals surface area contributed by atoms with E-state index in [2.05, 4.69) is 29.2 Å². The SMILES string of the molecule is COc1ccc(-c2nc3c(c(N4CCOCC4)n2)CCSc2ccccc2-3)cc1. The number of benzene rings is 2. The fraction of sp³-hybridized carbons (Fsp3) is 0.304. The lowest BCUT2D eigenvalue weighted by molar-refractivity contribution is 0.122. The molecule has 1 aromatic heterocycles. The van der Waals surface area contributed by atoms with Gasteiger partial charge in [0.1, 0.15) is 11.6 Å². The number of thioether (sulfide) groups is 1. The standard InChI is InChI=1S/C23H23N3O2S/c1-27-17-8-6-16(7-9-17)22-24-21-18-4-2-3-5-20(18)29-15-10-19(21)23(25-22)26-11-13-28-14-12-26/h2-9H,10-15H2,1H3. The Morgan fingerprint density at radius 3 is 2.59 bits per heavy atom. The summed E-state index contributed by atoms with van der Waals surface area (Å²) in [6, 6.07) is 16.6. The molecule has 3 aromatic rings. The van der Waals surface area contributed by atoms with Crippen molar-refractivity contribution in [1.29, 1.82) is 0 Å². The first-order chi connectivity index (χ1) is 14.3. The number of rotatable bonds is 3. The smallest absolute Gasteiger partial charge is 0.162 e. The third kappa shape index (κ3) is 3.58. The Balaban J connectivity index is 1.70. The Bertz CT molecular complexity index is 1020. The van der Waals surface area contributed by atoms with Crippen molar-refractivity contribution in [3.05, 3.63) is 54.1 Å². The van der Waals surface area contributed by atoms with Crippen LogP contribution >= 0.6 is 11.8 Å². The molecule has 3 heterocycles. The molecule has 0 aliphatic carbocycles. The molecule has 2 aliphatic rings. The number of methoxy groups -OCH3 is 1. The van der Waals surface area contributed by atoms with E-state index in [1.165, 1.54) is 16.0 Å². The van der Waals surface area contributed by atoms with Crippen molar-refractivity contribution >= 4 is 17.6 Å². The van der Waals surface area contributed by atoms with E-state index in [9.17, 15) is 0 Å². The number of anilines is 1. The summed E-state index contributed by atoms with van der Waals surface area (Å²) in [5.41, 5.74) is 4.52. The lowest BCUT2D eigenvalue weighted by Gasteiger charge is -2.30. The van der Waals surface area contributed by atoms with E-state index in [0.717, 1.165) is 67.1 Å².